The fourth-order valence-electron chi connectivity index (χ4n) is 1.13. The number of hydrogen-bond donors (Lipinski definition) is 1. The van der Waals surface area contributed by atoms with Crippen LogP contribution in [0.15, 0.2) is 18.2 Å². The lowest BCUT2D eigenvalue weighted by Crippen LogP contribution is -2.05. The highest BCUT2D eigenvalue weighted by Crippen LogP contribution is 2.24. The van der Waals surface area contributed by atoms with Crippen molar-refractivity contribution in [1.29, 1.82) is 0 Å². The van der Waals surface area contributed by atoms with Gasteiger partial charge in [-0.15, -0.1) is 0 Å². The average molecular weight is 186 g/mol. The molecule has 70 valence electrons. The van der Waals surface area contributed by atoms with E-state index in [4.69, 9.17) is 5.11 Å². The van der Waals surface area contributed by atoms with E-state index in [1.165, 1.54) is 12.1 Å². The van der Waals surface area contributed by atoms with Crippen LogP contribution in [0.3, 0.4) is 0 Å². The summed E-state index contributed by atoms with van der Waals surface area (Å²) in [4.78, 5) is 10.5. The topological polar surface area (TPSA) is 37.3 Å². The van der Waals surface area contributed by atoms with Crippen molar-refractivity contribution in [1.82, 2.24) is 0 Å². The molecule has 1 atom stereocenters. The van der Waals surface area contributed by atoms with E-state index in [1.54, 1.807) is 0 Å². The lowest BCUT2D eigenvalue weighted by atomic mass is 10.0. The molecule has 0 amide bonds. The minimum absolute atomic E-state index is 0.324. The molecule has 0 saturated heterocycles. The standard InChI is InChI=1S/C9H8F2O2/c1-5(10)8-6(9(12)13)3-2-4-7(8)11/h2-5H,1H3,(H,12,13). The van der Waals surface area contributed by atoms with Crippen LogP contribution in [0.25, 0.3) is 0 Å². The zero-order chi connectivity index (χ0) is 10.0. The van der Waals surface area contributed by atoms with Gasteiger partial charge in [-0.25, -0.2) is 13.6 Å². The highest BCUT2D eigenvalue weighted by atomic mass is 19.1. The first-order chi connectivity index (χ1) is 6.04. The molecule has 0 aliphatic carbocycles. The van der Waals surface area contributed by atoms with Crippen LogP contribution in [0.2, 0.25) is 0 Å². The molecule has 0 bridgehead atoms. The van der Waals surface area contributed by atoms with Crippen LogP contribution in [0.1, 0.15) is 29.0 Å². The van der Waals surface area contributed by atoms with E-state index in [-0.39, 0.29) is 5.56 Å². The third-order valence-electron chi connectivity index (χ3n) is 1.68. The van der Waals surface area contributed by atoms with E-state index in [1.807, 2.05) is 0 Å². The van der Waals surface area contributed by atoms with Gasteiger partial charge in [-0.3, -0.25) is 0 Å². The SMILES string of the molecule is CC(F)c1c(F)cccc1C(=O)O. The Kier molecular flexibility index (Phi) is 2.60. The highest BCUT2D eigenvalue weighted by Gasteiger charge is 2.18. The molecule has 2 nitrogen and oxygen atoms in total. The van der Waals surface area contributed by atoms with Crippen LogP contribution in [0, 0.1) is 5.82 Å². The zero-order valence-corrected chi connectivity index (χ0v) is 6.92. The minimum atomic E-state index is -1.62. The number of hydrogen-bond acceptors (Lipinski definition) is 1. The van der Waals surface area contributed by atoms with Crippen LogP contribution in [0.4, 0.5) is 8.78 Å². The summed E-state index contributed by atoms with van der Waals surface area (Å²) in [5, 5.41) is 8.61. The molecule has 1 unspecified atom stereocenters. The number of rotatable bonds is 2. The summed E-state index contributed by atoms with van der Waals surface area (Å²) >= 11 is 0. The molecular weight excluding hydrogens is 178 g/mol. The molecule has 0 aromatic heterocycles. The van der Waals surface area contributed by atoms with Gasteiger partial charge in [-0.1, -0.05) is 6.07 Å². The van der Waals surface area contributed by atoms with E-state index in [9.17, 15) is 13.6 Å². The van der Waals surface area contributed by atoms with Gasteiger partial charge in [0, 0.05) is 5.56 Å². The van der Waals surface area contributed by atoms with E-state index in [0.717, 1.165) is 13.0 Å². The van der Waals surface area contributed by atoms with Crippen molar-refractivity contribution in [3.05, 3.63) is 35.1 Å². The summed E-state index contributed by atoms with van der Waals surface area (Å²) in [6.07, 6.45) is -1.62. The fourth-order valence-corrected chi connectivity index (χ4v) is 1.13. The Hall–Kier alpha value is -1.45. The molecule has 0 heterocycles. The monoisotopic (exact) mass is 186 g/mol. The molecule has 1 aromatic carbocycles. The molecule has 0 fully saturated rings. The van der Waals surface area contributed by atoms with Crippen molar-refractivity contribution >= 4 is 5.97 Å². The highest BCUT2D eigenvalue weighted by molar-refractivity contribution is 5.89. The second-order valence-corrected chi connectivity index (χ2v) is 2.62. The van der Waals surface area contributed by atoms with E-state index in [2.05, 4.69) is 0 Å². The summed E-state index contributed by atoms with van der Waals surface area (Å²) < 4.78 is 25.8. The Morgan fingerprint density at radius 2 is 2.15 bits per heavy atom. The summed E-state index contributed by atoms with van der Waals surface area (Å²) in [6.45, 7) is 1.10. The third-order valence-corrected chi connectivity index (χ3v) is 1.68. The number of benzene rings is 1. The van der Waals surface area contributed by atoms with Crippen molar-refractivity contribution in [2.24, 2.45) is 0 Å². The van der Waals surface area contributed by atoms with E-state index >= 15 is 0 Å². The lowest BCUT2D eigenvalue weighted by molar-refractivity contribution is 0.0692. The van der Waals surface area contributed by atoms with Crippen LogP contribution in [0.5, 0.6) is 0 Å². The molecule has 4 heteroatoms. The van der Waals surface area contributed by atoms with E-state index in [0.29, 0.717) is 0 Å². The van der Waals surface area contributed by atoms with Gasteiger partial charge in [-0.2, -0.15) is 0 Å². The molecule has 1 aromatic rings. The molecule has 13 heavy (non-hydrogen) atoms. The molecule has 0 spiro atoms. The van der Waals surface area contributed by atoms with Crippen molar-refractivity contribution in [3.8, 4) is 0 Å². The molecular formula is C9H8F2O2. The Balaban J connectivity index is 3.34. The first-order valence-corrected chi connectivity index (χ1v) is 3.69. The summed E-state index contributed by atoms with van der Waals surface area (Å²) in [6, 6.07) is 3.46. The summed E-state index contributed by atoms with van der Waals surface area (Å²) in [7, 11) is 0. The van der Waals surface area contributed by atoms with Gasteiger partial charge >= 0.3 is 5.97 Å². The van der Waals surface area contributed by atoms with Crippen molar-refractivity contribution in [2.75, 3.05) is 0 Å². The van der Waals surface area contributed by atoms with Gasteiger partial charge in [-0.05, 0) is 19.1 Å². The first-order valence-electron chi connectivity index (χ1n) is 3.69. The average Bonchev–Trinajstić information content (AvgIpc) is 2.02. The zero-order valence-electron chi connectivity index (χ0n) is 6.92. The molecule has 1 N–H and O–H groups in total. The Labute approximate surface area is 73.8 Å². The predicted molar refractivity (Wildman–Crippen MR) is 42.9 cm³/mol. The van der Waals surface area contributed by atoms with Gasteiger partial charge < -0.3 is 5.11 Å². The Bertz CT molecular complexity index is 334. The number of carbonyl (C=O) groups is 1. The second-order valence-electron chi connectivity index (χ2n) is 2.62. The van der Waals surface area contributed by atoms with Crippen LogP contribution >= 0.6 is 0 Å². The largest absolute Gasteiger partial charge is 0.478 e. The predicted octanol–water partition coefficient (Wildman–Crippen LogP) is 2.55. The number of carboxylic acids is 1. The number of carboxylic acid groups (broad SMARTS) is 1. The Morgan fingerprint density at radius 1 is 1.54 bits per heavy atom. The molecule has 0 aliphatic heterocycles. The van der Waals surface area contributed by atoms with Crippen LogP contribution in [-0.2, 0) is 0 Å². The first kappa shape index (κ1) is 9.64. The molecule has 0 aliphatic rings. The summed E-state index contributed by atoms with van der Waals surface area (Å²) in [5.41, 5.74) is -0.718. The third kappa shape index (κ3) is 1.83. The van der Waals surface area contributed by atoms with Gasteiger partial charge in [0.2, 0.25) is 0 Å². The maximum Gasteiger partial charge on any atom is 0.336 e. The molecule has 1 rings (SSSR count). The van der Waals surface area contributed by atoms with Crippen molar-refractivity contribution in [2.45, 2.75) is 13.1 Å². The van der Waals surface area contributed by atoms with Crippen LogP contribution < -0.4 is 0 Å². The quantitative estimate of drug-likeness (QED) is 0.770. The van der Waals surface area contributed by atoms with E-state index < -0.39 is 23.5 Å². The van der Waals surface area contributed by atoms with Crippen molar-refractivity contribution in [3.63, 3.8) is 0 Å². The minimum Gasteiger partial charge on any atom is -0.478 e. The van der Waals surface area contributed by atoms with Gasteiger partial charge in [0.15, 0.2) is 0 Å². The maximum atomic E-state index is 13.0. The van der Waals surface area contributed by atoms with Gasteiger partial charge in [0.1, 0.15) is 12.0 Å². The number of aromatic carboxylic acids is 1. The Morgan fingerprint density at radius 3 is 2.54 bits per heavy atom. The van der Waals surface area contributed by atoms with Crippen molar-refractivity contribution < 1.29 is 18.7 Å². The second kappa shape index (κ2) is 3.51. The van der Waals surface area contributed by atoms with Crippen LogP contribution in [-0.4, -0.2) is 11.1 Å². The molecule has 0 saturated carbocycles. The van der Waals surface area contributed by atoms with Gasteiger partial charge in [0.25, 0.3) is 0 Å². The van der Waals surface area contributed by atoms with Gasteiger partial charge in [0.05, 0.1) is 5.56 Å². The fraction of sp³-hybridized carbons (Fsp3) is 0.222. The molecule has 0 radical (unpaired) electrons. The maximum absolute atomic E-state index is 13.0. The number of halogens is 2. The summed E-state index contributed by atoms with van der Waals surface area (Å²) in [5.74, 6) is -2.14. The normalized spacial score (nSPS) is 12.5. The lowest BCUT2D eigenvalue weighted by Gasteiger charge is -2.07. The number of alkyl halides is 1. The smallest absolute Gasteiger partial charge is 0.336 e.